The number of morpholine rings is 1. The van der Waals surface area contributed by atoms with Crippen LogP contribution in [-0.4, -0.2) is 65.2 Å². The molecule has 27 heavy (non-hydrogen) atoms. The molecule has 0 bridgehead atoms. The molecule has 0 aliphatic carbocycles. The number of nitrogens with one attached hydrogen (secondary N) is 1. The van der Waals surface area contributed by atoms with Crippen molar-refractivity contribution < 1.29 is 9.53 Å². The number of ether oxygens (including phenoxy) is 1. The van der Waals surface area contributed by atoms with Crippen LogP contribution >= 0.6 is 0 Å². The Morgan fingerprint density at radius 3 is 2.37 bits per heavy atom. The molecule has 9 nitrogen and oxygen atoms in total. The van der Waals surface area contributed by atoms with E-state index in [4.69, 9.17) is 4.74 Å². The molecule has 1 amide bonds. The zero-order valence-electron chi connectivity index (χ0n) is 15.2. The van der Waals surface area contributed by atoms with Crippen molar-refractivity contribution in [3.8, 4) is 0 Å². The predicted octanol–water partition coefficient (Wildman–Crippen LogP) is 0.633. The molecule has 0 saturated carbocycles. The number of rotatable bonds is 5. The first-order chi connectivity index (χ1) is 13.3. The summed E-state index contributed by atoms with van der Waals surface area (Å²) >= 11 is 0. The number of amides is 1. The van der Waals surface area contributed by atoms with E-state index in [0.29, 0.717) is 36.6 Å². The summed E-state index contributed by atoms with van der Waals surface area (Å²) in [6.07, 6.45) is 3.88. The number of pyridine rings is 1. The zero-order valence-corrected chi connectivity index (χ0v) is 15.2. The topological polar surface area (TPSA) is 96.4 Å². The summed E-state index contributed by atoms with van der Waals surface area (Å²) in [4.78, 5) is 34.5. The van der Waals surface area contributed by atoms with Gasteiger partial charge in [0.25, 0.3) is 5.91 Å². The predicted molar refractivity (Wildman–Crippen MR) is 99.7 cm³/mol. The Bertz CT molecular complexity index is 775. The molecular formula is C18H23N7O2. The molecular weight excluding hydrogens is 346 g/mol. The molecule has 2 aromatic rings. The van der Waals surface area contributed by atoms with Crippen molar-refractivity contribution in [2.75, 3.05) is 49.2 Å². The van der Waals surface area contributed by atoms with E-state index >= 15 is 0 Å². The van der Waals surface area contributed by atoms with Crippen LogP contribution in [0, 0.1) is 0 Å². The maximum absolute atomic E-state index is 12.3. The van der Waals surface area contributed by atoms with E-state index in [0.717, 1.165) is 39.0 Å². The van der Waals surface area contributed by atoms with Gasteiger partial charge >= 0.3 is 0 Å². The van der Waals surface area contributed by atoms with Crippen LogP contribution in [0.3, 0.4) is 0 Å². The summed E-state index contributed by atoms with van der Waals surface area (Å²) in [5.41, 5.74) is 0.375. The Labute approximate surface area is 157 Å². The van der Waals surface area contributed by atoms with Crippen LogP contribution in [0.5, 0.6) is 0 Å². The van der Waals surface area contributed by atoms with Gasteiger partial charge in [0.2, 0.25) is 11.9 Å². The van der Waals surface area contributed by atoms with E-state index in [1.807, 2.05) is 0 Å². The van der Waals surface area contributed by atoms with E-state index in [2.05, 4.69) is 35.1 Å². The van der Waals surface area contributed by atoms with E-state index in [1.165, 1.54) is 0 Å². The number of hydrogen-bond acceptors (Lipinski definition) is 8. The number of anilines is 2. The number of carbonyl (C=O) groups excluding carboxylic acids is 1. The molecule has 0 unspecified atom stereocenters. The number of nitrogens with zero attached hydrogens (tertiary/aromatic N) is 6. The summed E-state index contributed by atoms with van der Waals surface area (Å²) in [5.74, 6) is 1.65. The van der Waals surface area contributed by atoms with Crippen LogP contribution in [0.25, 0.3) is 0 Å². The Balaban J connectivity index is 1.53. The van der Waals surface area contributed by atoms with Crippen LogP contribution in [0.4, 0.5) is 11.9 Å². The van der Waals surface area contributed by atoms with Gasteiger partial charge in [-0.2, -0.15) is 15.0 Å². The van der Waals surface area contributed by atoms with Crippen LogP contribution in [0.1, 0.15) is 29.2 Å². The summed E-state index contributed by atoms with van der Waals surface area (Å²) in [6.45, 7) is 4.97. The molecule has 2 aromatic heterocycles. The first-order valence-electron chi connectivity index (χ1n) is 9.31. The molecule has 4 heterocycles. The Hall–Kier alpha value is -2.81. The second-order valence-corrected chi connectivity index (χ2v) is 6.54. The van der Waals surface area contributed by atoms with Gasteiger partial charge < -0.3 is 19.9 Å². The van der Waals surface area contributed by atoms with Crippen molar-refractivity contribution in [3.63, 3.8) is 0 Å². The lowest BCUT2D eigenvalue weighted by molar-refractivity contribution is 0.0945. The molecule has 2 fully saturated rings. The second kappa shape index (κ2) is 8.26. The van der Waals surface area contributed by atoms with Gasteiger partial charge in [0.15, 0.2) is 5.82 Å². The van der Waals surface area contributed by atoms with Crippen LogP contribution in [-0.2, 0) is 11.3 Å². The number of hydrogen-bond donors (Lipinski definition) is 1. The highest BCUT2D eigenvalue weighted by Crippen LogP contribution is 2.19. The highest BCUT2D eigenvalue weighted by Gasteiger charge is 2.21. The van der Waals surface area contributed by atoms with Crippen molar-refractivity contribution in [1.29, 1.82) is 0 Å². The number of aromatic nitrogens is 4. The van der Waals surface area contributed by atoms with Crippen LogP contribution < -0.4 is 15.1 Å². The number of carbonyl (C=O) groups is 1. The van der Waals surface area contributed by atoms with E-state index < -0.39 is 0 Å². The highest BCUT2D eigenvalue weighted by molar-refractivity contribution is 5.92. The monoisotopic (exact) mass is 369 g/mol. The Kier molecular flexibility index (Phi) is 5.38. The van der Waals surface area contributed by atoms with Gasteiger partial charge in [-0.1, -0.05) is 6.07 Å². The summed E-state index contributed by atoms with van der Waals surface area (Å²) < 4.78 is 5.42. The zero-order chi connectivity index (χ0) is 18.5. The molecule has 142 valence electrons. The summed E-state index contributed by atoms with van der Waals surface area (Å²) in [6, 6.07) is 5.24. The van der Waals surface area contributed by atoms with Gasteiger partial charge in [0.05, 0.1) is 19.8 Å². The second-order valence-electron chi connectivity index (χ2n) is 6.54. The SMILES string of the molecule is O=C(NCc1nc(N2CCCC2)nc(N2CCOCC2)n1)c1ccccn1. The Morgan fingerprint density at radius 1 is 1.00 bits per heavy atom. The van der Waals surface area contributed by atoms with E-state index in [-0.39, 0.29) is 12.5 Å². The van der Waals surface area contributed by atoms with E-state index in [9.17, 15) is 4.79 Å². The van der Waals surface area contributed by atoms with Gasteiger partial charge in [-0.05, 0) is 25.0 Å². The van der Waals surface area contributed by atoms with Crippen molar-refractivity contribution in [3.05, 3.63) is 35.9 Å². The highest BCUT2D eigenvalue weighted by atomic mass is 16.5. The molecule has 0 atom stereocenters. The van der Waals surface area contributed by atoms with Gasteiger partial charge in [0, 0.05) is 32.4 Å². The maximum Gasteiger partial charge on any atom is 0.270 e. The summed E-state index contributed by atoms with van der Waals surface area (Å²) in [5, 5.41) is 2.85. The molecule has 2 aliphatic rings. The third-order valence-corrected chi connectivity index (χ3v) is 4.65. The standard InChI is InChI=1S/C18H23N7O2/c26-16(14-5-1-2-6-19-14)20-13-15-21-17(24-7-3-4-8-24)23-18(22-15)25-9-11-27-12-10-25/h1-2,5-6H,3-4,7-13H2,(H,20,26). The molecule has 2 saturated heterocycles. The fourth-order valence-electron chi connectivity index (χ4n) is 3.18. The first kappa shape index (κ1) is 17.6. The molecule has 0 aromatic carbocycles. The fraction of sp³-hybridized carbons (Fsp3) is 0.500. The average Bonchev–Trinajstić information content (AvgIpc) is 3.28. The van der Waals surface area contributed by atoms with E-state index in [1.54, 1.807) is 24.4 Å². The normalized spacial score (nSPS) is 17.2. The quantitative estimate of drug-likeness (QED) is 0.820. The largest absolute Gasteiger partial charge is 0.378 e. The molecule has 2 aliphatic heterocycles. The van der Waals surface area contributed by atoms with Crippen molar-refractivity contribution in [1.82, 2.24) is 25.3 Å². The van der Waals surface area contributed by atoms with Gasteiger partial charge in [-0.25, -0.2) is 0 Å². The maximum atomic E-state index is 12.3. The Morgan fingerprint density at radius 2 is 1.70 bits per heavy atom. The lowest BCUT2D eigenvalue weighted by Crippen LogP contribution is -2.38. The van der Waals surface area contributed by atoms with Gasteiger partial charge in [-0.3, -0.25) is 9.78 Å². The fourth-order valence-corrected chi connectivity index (χ4v) is 3.18. The summed E-state index contributed by atoms with van der Waals surface area (Å²) in [7, 11) is 0. The molecule has 4 rings (SSSR count). The molecule has 9 heteroatoms. The molecule has 1 N–H and O–H groups in total. The van der Waals surface area contributed by atoms with Crippen molar-refractivity contribution in [2.45, 2.75) is 19.4 Å². The lowest BCUT2D eigenvalue weighted by atomic mass is 10.3. The minimum absolute atomic E-state index is 0.232. The molecule has 0 radical (unpaired) electrons. The van der Waals surface area contributed by atoms with Crippen LogP contribution in [0.2, 0.25) is 0 Å². The minimum atomic E-state index is -0.244. The lowest BCUT2D eigenvalue weighted by Gasteiger charge is -2.28. The minimum Gasteiger partial charge on any atom is -0.378 e. The smallest absolute Gasteiger partial charge is 0.270 e. The molecule has 0 spiro atoms. The van der Waals surface area contributed by atoms with Gasteiger partial charge in [-0.15, -0.1) is 0 Å². The van der Waals surface area contributed by atoms with Gasteiger partial charge in [0.1, 0.15) is 5.69 Å². The van der Waals surface area contributed by atoms with Crippen LogP contribution in [0.15, 0.2) is 24.4 Å². The first-order valence-corrected chi connectivity index (χ1v) is 9.31. The van der Waals surface area contributed by atoms with Crippen molar-refractivity contribution in [2.24, 2.45) is 0 Å². The third kappa shape index (κ3) is 4.30. The van der Waals surface area contributed by atoms with Crippen molar-refractivity contribution >= 4 is 17.8 Å². The average molecular weight is 369 g/mol. The third-order valence-electron chi connectivity index (χ3n) is 4.65.